The van der Waals surface area contributed by atoms with Gasteiger partial charge >= 0.3 is 6.17 Å². The molecule has 42 heavy (non-hydrogen) atoms. The zero-order chi connectivity index (χ0) is 28.5. The molecule has 0 saturated heterocycles. The summed E-state index contributed by atoms with van der Waals surface area (Å²) in [6.45, 7) is 4.59. The predicted octanol–water partition coefficient (Wildman–Crippen LogP) is 8.29. The van der Waals surface area contributed by atoms with Crippen LogP contribution in [-0.4, -0.2) is 0 Å². The maximum atomic E-state index is 2.51. The molecule has 0 saturated carbocycles. The zero-order valence-corrected chi connectivity index (χ0v) is 25.8. The van der Waals surface area contributed by atoms with Crippen LogP contribution in [0.4, 0.5) is 17.1 Å². The van der Waals surface area contributed by atoms with Crippen LogP contribution >= 0.6 is 8.58 Å². The van der Waals surface area contributed by atoms with Crippen LogP contribution in [-0.2, 0) is 6.42 Å². The van der Waals surface area contributed by atoms with Gasteiger partial charge in [0.1, 0.15) is 0 Å². The van der Waals surface area contributed by atoms with Crippen molar-refractivity contribution >= 4 is 36.3 Å². The average molecular weight is 570 g/mol. The maximum absolute atomic E-state index is 2.51. The van der Waals surface area contributed by atoms with Crippen molar-refractivity contribution in [2.24, 2.45) is 0 Å². The fourth-order valence-corrected chi connectivity index (χ4v) is 8.34. The Morgan fingerprint density at radius 1 is 0.619 bits per heavy atom. The Morgan fingerprint density at radius 3 is 1.79 bits per heavy atom. The molecule has 0 atom stereocenters. The summed E-state index contributed by atoms with van der Waals surface area (Å²) in [6.07, 6.45) is 13.8. The van der Waals surface area contributed by atoms with Crippen molar-refractivity contribution in [3.05, 3.63) is 115 Å². The van der Waals surface area contributed by atoms with Crippen LogP contribution in [0.15, 0.2) is 109 Å². The molecule has 2 aliphatic heterocycles. The van der Waals surface area contributed by atoms with Crippen LogP contribution in [0.1, 0.15) is 64.1 Å². The number of nitrogens with zero attached hydrogens (tertiary/aromatic N) is 3. The molecule has 0 amide bonds. The van der Waals surface area contributed by atoms with Gasteiger partial charge in [-0.25, -0.2) is 0 Å². The fourth-order valence-electron chi connectivity index (χ4n) is 6.75. The van der Waals surface area contributed by atoms with E-state index in [1.807, 2.05) is 0 Å². The molecule has 2 aliphatic rings. The van der Waals surface area contributed by atoms with E-state index in [-0.39, 0.29) is 6.17 Å². The number of aryl methyl sites for hydroxylation is 1. The molecule has 0 spiro atoms. The minimum atomic E-state index is 0.126. The average Bonchev–Trinajstić information content (AvgIpc) is 3.04. The van der Waals surface area contributed by atoms with Crippen molar-refractivity contribution in [1.82, 2.24) is 0 Å². The number of benzene rings is 3. The van der Waals surface area contributed by atoms with Gasteiger partial charge in [0.15, 0.2) is 12.4 Å². The van der Waals surface area contributed by atoms with Crippen molar-refractivity contribution in [3.63, 3.8) is 0 Å². The van der Waals surface area contributed by atoms with Crippen molar-refractivity contribution in [1.29, 1.82) is 0 Å². The van der Waals surface area contributed by atoms with Gasteiger partial charge in [-0.05, 0) is 66.9 Å². The van der Waals surface area contributed by atoms with Crippen LogP contribution in [0.5, 0.6) is 0 Å². The predicted molar refractivity (Wildman–Crippen MR) is 177 cm³/mol. The van der Waals surface area contributed by atoms with Crippen molar-refractivity contribution in [2.75, 3.05) is 4.90 Å². The number of aromatic nitrogens is 2. The van der Waals surface area contributed by atoms with E-state index in [0.717, 1.165) is 6.42 Å². The molecule has 4 heteroatoms. The molecule has 3 nitrogen and oxygen atoms in total. The normalized spacial score (nSPS) is 15.3. The minimum absolute atomic E-state index is 0.126. The Labute approximate surface area is 252 Å². The lowest BCUT2D eigenvalue weighted by Gasteiger charge is -2.35. The van der Waals surface area contributed by atoms with Gasteiger partial charge in [0.2, 0.25) is 11.4 Å². The van der Waals surface area contributed by atoms with Crippen LogP contribution in [0.25, 0.3) is 22.5 Å². The van der Waals surface area contributed by atoms with E-state index in [0.29, 0.717) is 8.58 Å². The number of anilines is 3. The highest BCUT2D eigenvalue weighted by molar-refractivity contribution is 7.57. The second kappa shape index (κ2) is 11.8. The molecule has 0 N–H and O–H groups in total. The van der Waals surface area contributed by atoms with Crippen molar-refractivity contribution < 1.29 is 9.13 Å². The number of unbranched alkanes of at least 4 members (excludes halogenated alkanes) is 5. The van der Waals surface area contributed by atoms with E-state index in [1.54, 1.807) is 0 Å². The molecule has 0 unspecified atom stereocenters. The number of pyridine rings is 2. The van der Waals surface area contributed by atoms with Gasteiger partial charge in [0, 0.05) is 40.6 Å². The summed E-state index contributed by atoms with van der Waals surface area (Å²) < 4.78 is 4.85. The Balaban J connectivity index is 1.35. The second-order valence-electron chi connectivity index (χ2n) is 11.7. The summed E-state index contributed by atoms with van der Waals surface area (Å²) >= 11 is 0. The summed E-state index contributed by atoms with van der Waals surface area (Å²) in [5.41, 5.74) is 10.4. The van der Waals surface area contributed by atoms with Crippen molar-refractivity contribution in [2.45, 2.75) is 65.0 Å². The maximum Gasteiger partial charge on any atom is 0.350 e. The third kappa shape index (κ3) is 4.84. The third-order valence-electron chi connectivity index (χ3n) is 8.97. The van der Waals surface area contributed by atoms with E-state index >= 15 is 0 Å². The molecule has 2 bridgehead atoms. The molecule has 210 valence electrons. The summed E-state index contributed by atoms with van der Waals surface area (Å²) in [7, 11) is 0.568. The highest BCUT2D eigenvalue weighted by Crippen LogP contribution is 2.45. The number of hydrogen-bond donors (Lipinski definition) is 0. The van der Waals surface area contributed by atoms with Gasteiger partial charge < -0.3 is 4.90 Å². The van der Waals surface area contributed by atoms with Gasteiger partial charge in [0.05, 0.1) is 29.4 Å². The van der Waals surface area contributed by atoms with E-state index in [4.69, 9.17) is 0 Å². The lowest BCUT2D eigenvalue weighted by molar-refractivity contribution is -0.931. The van der Waals surface area contributed by atoms with Gasteiger partial charge in [-0.15, -0.1) is 9.13 Å². The fraction of sp³-hybridized carbons (Fsp3) is 0.263. The quantitative estimate of drug-likeness (QED) is 0.102. The third-order valence-corrected chi connectivity index (χ3v) is 10.5. The summed E-state index contributed by atoms with van der Waals surface area (Å²) in [5, 5.41) is 2.84. The number of fused-ring (bicyclic) bond motifs is 4. The summed E-state index contributed by atoms with van der Waals surface area (Å²) in [4.78, 5) is 2.51. The lowest BCUT2D eigenvalue weighted by atomic mass is 10.0. The zero-order valence-electron chi connectivity index (χ0n) is 24.8. The van der Waals surface area contributed by atoms with E-state index in [9.17, 15) is 0 Å². The molecule has 5 aromatic rings. The number of hydrogen-bond acceptors (Lipinski definition) is 1. The van der Waals surface area contributed by atoms with Crippen LogP contribution in [0, 0.1) is 0 Å². The van der Waals surface area contributed by atoms with Gasteiger partial charge in [-0.1, -0.05) is 71.9 Å². The Morgan fingerprint density at radius 2 is 1.19 bits per heavy atom. The highest BCUT2D eigenvalue weighted by Gasteiger charge is 2.36. The molecule has 7 rings (SSSR count). The molecular formula is C38H40N3P+2. The SMILES string of the molecule is CCCCCCCCc1ccc(N2c3cccc4c3Pc3c(cccc32)-c2cccc[n+]2C(C)[n+]2ccccc2-4)cc1. The molecule has 0 radical (unpaired) electrons. The Kier molecular flexibility index (Phi) is 7.61. The standard InChI is InChI=1S/C38H40N3P/c1-3-4-5-6-7-8-15-29-22-24-30(25-23-29)41-35-20-13-16-31-33-18-9-11-26-39(33)28(2)40-27-12-10-19-34(40)32-17-14-21-36(41)38(32)42-37(31)35/h9-14,16-28,42H,3-8,15H2,1-2H3/q+2. The van der Waals surface area contributed by atoms with E-state index in [1.165, 1.54) is 94.3 Å². The Hall–Kier alpha value is -3.81. The van der Waals surface area contributed by atoms with E-state index in [2.05, 4.69) is 137 Å². The largest absolute Gasteiger partial charge is 0.350 e. The minimum Gasteiger partial charge on any atom is -0.309 e. The topological polar surface area (TPSA) is 11.0 Å². The second-order valence-corrected chi connectivity index (χ2v) is 12.9. The smallest absolute Gasteiger partial charge is 0.309 e. The first-order valence-corrected chi connectivity index (χ1v) is 16.7. The van der Waals surface area contributed by atoms with Gasteiger partial charge in [0.25, 0.3) is 0 Å². The van der Waals surface area contributed by atoms with Crippen molar-refractivity contribution in [3.8, 4) is 22.5 Å². The van der Waals surface area contributed by atoms with E-state index < -0.39 is 0 Å². The van der Waals surface area contributed by atoms with Gasteiger partial charge in [-0.2, -0.15) is 0 Å². The first kappa shape index (κ1) is 27.0. The summed E-state index contributed by atoms with van der Waals surface area (Å²) in [6, 6.07) is 36.3. The van der Waals surface area contributed by atoms with Crippen LogP contribution in [0.3, 0.4) is 0 Å². The van der Waals surface area contributed by atoms with Gasteiger partial charge in [-0.3, -0.25) is 0 Å². The molecule has 0 aliphatic carbocycles. The molecule has 3 aromatic carbocycles. The lowest BCUT2D eigenvalue weighted by Crippen LogP contribution is -2.58. The Bertz CT molecular complexity index is 1630. The van der Waals surface area contributed by atoms with Crippen LogP contribution in [0.2, 0.25) is 0 Å². The first-order valence-electron chi connectivity index (χ1n) is 15.7. The first-order chi connectivity index (χ1) is 20.7. The van der Waals surface area contributed by atoms with Crippen LogP contribution < -0.4 is 24.6 Å². The molecule has 2 aromatic heterocycles. The highest BCUT2D eigenvalue weighted by atomic mass is 31.1. The monoisotopic (exact) mass is 569 g/mol. The molecule has 0 fully saturated rings. The molecule has 4 heterocycles. The summed E-state index contributed by atoms with van der Waals surface area (Å²) in [5.74, 6) is 0. The number of rotatable bonds is 8. The molecular weight excluding hydrogens is 529 g/mol.